The molecule has 2 atom stereocenters. The lowest BCUT2D eigenvalue weighted by atomic mass is 9.92. The van der Waals surface area contributed by atoms with E-state index < -0.39 is 0 Å². The van der Waals surface area contributed by atoms with E-state index in [-0.39, 0.29) is 0 Å². The Balaban J connectivity index is 1.78. The van der Waals surface area contributed by atoms with E-state index >= 15 is 0 Å². The van der Waals surface area contributed by atoms with Crippen LogP contribution in [0.2, 0.25) is 0 Å². The van der Waals surface area contributed by atoms with Gasteiger partial charge in [-0.15, -0.1) is 0 Å². The Hall–Kier alpha value is -1.06. The van der Waals surface area contributed by atoms with Gasteiger partial charge >= 0.3 is 0 Å². The molecule has 1 saturated heterocycles. The molecular weight excluding hydrogens is 246 g/mol. The number of aryl methyl sites for hydroxylation is 1. The van der Waals surface area contributed by atoms with E-state index in [9.17, 15) is 0 Å². The highest BCUT2D eigenvalue weighted by Gasteiger charge is 2.29. The molecule has 1 fully saturated rings. The van der Waals surface area contributed by atoms with Crippen molar-refractivity contribution < 1.29 is 0 Å². The Kier molecular flexibility index (Phi) is 3.99. The molecule has 1 aromatic carbocycles. The maximum Gasteiger partial charge on any atom is 0.0396 e. The molecule has 20 heavy (non-hydrogen) atoms. The van der Waals surface area contributed by atoms with Gasteiger partial charge in [0.1, 0.15) is 0 Å². The van der Waals surface area contributed by atoms with Crippen molar-refractivity contribution in [3.8, 4) is 0 Å². The number of hydrogen-bond donors (Lipinski definition) is 1. The molecule has 0 saturated carbocycles. The number of nitrogens with two attached hydrogens (primary N) is 1. The number of benzene rings is 1. The highest BCUT2D eigenvalue weighted by molar-refractivity contribution is 5.56. The summed E-state index contributed by atoms with van der Waals surface area (Å²) < 4.78 is 0. The predicted molar refractivity (Wildman–Crippen MR) is 85.5 cm³/mol. The zero-order chi connectivity index (χ0) is 14.1. The zero-order valence-electron chi connectivity index (χ0n) is 12.8. The van der Waals surface area contributed by atoms with Crippen LogP contribution in [0.1, 0.15) is 36.8 Å². The summed E-state index contributed by atoms with van der Waals surface area (Å²) in [4.78, 5) is 4.93. The average Bonchev–Trinajstić information content (AvgIpc) is 2.81. The van der Waals surface area contributed by atoms with Crippen molar-refractivity contribution in [1.82, 2.24) is 4.90 Å². The highest BCUT2D eigenvalue weighted by atomic mass is 15.2. The van der Waals surface area contributed by atoms with Crippen LogP contribution in [0, 0.1) is 0 Å². The molecule has 0 amide bonds. The molecule has 3 nitrogen and oxygen atoms in total. The van der Waals surface area contributed by atoms with Crippen LogP contribution >= 0.6 is 0 Å². The first-order valence-corrected chi connectivity index (χ1v) is 7.97. The zero-order valence-corrected chi connectivity index (χ0v) is 12.8. The van der Waals surface area contributed by atoms with Crippen molar-refractivity contribution in [3.05, 3.63) is 29.3 Å². The van der Waals surface area contributed by atoms with Gasteiger partial charge in [0.05, 0.1) is 0 Å². The summed E-state index contributed by atoms with van der Waals surface area (Å²) in [7, 11) is 2.21. The van der Waals surface area contributed by atoms with E-state index in [0.29, 0.717) is 12.0 Å². The van der Waals surface area contributed by atoms with Crippen molar-refractivity contribution in [2.45, 2.75) is 38.1 Å². The maximum absolute atomic E-state index is 5.71. The molecular formula is C17H27N3. The first kappa shape index (κ1) is 13.9. The molecule has 1 aromatic rings. The second kappa shape index (κ2) is 5.74. The standard InChI is InChI=1S/C17H27N3/c1-13-10-16(12-20(13)9-7-18)14-5-6-17-15(11-14)4-3-8-19(17)2/h5-6,11,13,16H,3-4,7-10,12,18H2,1-2H3. The molecule has 110 valence electrons. The lowest BCUT2D eigenvalue weighted by Crippen LogP contribution is -2.32. The summed E-state index contributed by atoms with van der Waals surface area (Å²) in [5, 5.41) is 0. The van der Waals surface area contributed by atoms with Crippen LogP contribution in [-0.4, -0.2) is 44.2 Å². The van der Waals surface area contributed by atoms with Gasteiger partial charge in [-0.05, 0) is 49.3 Å². The monoisotopic (exact) mass is 273 g/mol. The average molecular weight is 273 g/mol. The van der Waals surface area contributed by atoms with Crippen LogP contribution in [0.5, 0.6) is 0 Å². The Morgan fingerprint density at radius 1 is 1.35 bits per heavy atom. The summed E-state index contributed by atoms with van der Waals surface area (Å²) in [5.41, 5.74) is 10.2. The summed E-state index contributed by atoms with van der Waals surface area (Å²) >= 11 is 0. The number of fused-ring (bicyclic) bond motifs is 1. The Morgan fingerprint density at radius 3 is 3.00 bits per heavy atom. The largest absolute Gasteiger partial charge is 0.374 e. The van der Waals surface area contributed by atoms with Gasteiger partial charge < -0.3 is 10.6 Å². The summed E-state index contributed by atoms with van der Waals surface area (Å²) in [6, 6.07) is 7.82. The molecule has 3 rings (SSSR count). The normalized spacial score (nSPS) is 26.9. The van der Waals surface area contributed by atoms with Gasteiger partial charge in [-0.1, -0.05) is 12.1 Å². The number of nitrogens with zero attached hydrogens (tertiary/aromatic N) is 2. The van der Waals surface area contributed by atoms with Crippen LogP contribution in [0.25, 0.3) is 0 Å². The molecule has 0 aromatic heterocycles. The third kappa shape index (κ3) is 2.57. The summed E-state index contributed by atoms with van der Waals surface area (Å²) in [6.45, 7) is 6.50. The van der Waals surface area contributed by atoms with E-state index in [1.54, 1.807) is 5.56 Å². The van der Waals surface area contributed by atoms with Gasteiger partial charge in [0.15, 0.2) is 0 Å². The van der Waals surface area contributed by atoms with Gasteiger partial charge in [-0.25, -0.2) is 0 Å². The molecule has 3 heteroatoms. The van der Waals surface area contributed by atoms with Crippen LogP contribution in [-0.2, 0) is 6.42 Å². The lowest BCUT2D eigenvalue weighted by molar-refractivity contribution is 0.275. The topological polar surface area (TPSA) is 32.5 Å². The molecule has 0 spiro atoms. The van der Waals surface area contributed by atoms with E-state index in [0.717, 1.165) is 13.1 Å². The lowest BCUT2D eigenvalue weighted by Gasteiger charge is -2.28. The molecule has 0 radical (unpaired) electrons. The molecule has 2 N–H and O–H groups in total. The van der Waals surface area contributed by atoms with Crippen LogP contribution < -0.4 is 10.6 Å². The Bertz CT molecular complexity index is 471. The van der Waals surface area contributed by atoms with Crippen molar-refractivity contribution in [1.29, 1.82) is 0 Å². The fourth-order valence-corrected chi connectivity index (χ4v) is 3.88. The van der Waals surface area contributed by atoms with Crippen LogP contribution in [0.3, 0.4) is 0 Å². The fourth-order valence-electron chi connectivity index (χ4n) is 3.88. The number of likely N-dealkylation sites (tertiary alicyclic amines) is 1. The smallest absolute Gasteiger partial charge is 0.0396 e. The minimum Gasteiger partial charge on any atom is -0.374 e. The molecule has 0 aliphatic carbocycles. The van der Waals surface area contributed by atoms with Crippen molar-refractivity contribution in [2.75, 3.05) is 38.1 Å². The number of anilines is 1. The van der Waals surface area contributed by atoms with Gasteiger partial charge in [0.2, 0.25) is 0 Å². The summed E-state index contributed by atoms with van der Waals surface area (Å²) in [6.07, 6.45) is 3.80. The van der Waals surface area contributed by atoms with Crippen LogP contribution in [0.15, 0.2) is 18.2 Å². The summed E-state index contributed by atoms with van der Waals surface area (Å²) in [5.74, 6) is 0.689. The van der Waals surface area contributed by atoms with Gasteiger partial charge in [0.25, 0.3) is 0 Å². The van der Waals surface area contributed by atoms with E-state index in [2.05, 4.69) is 42.0 Å². The minimum atomic E-state index is 0.669. The van der Waals surface area contributed by atoms with Crippen molar-refractivity contribution >= 4 is 5.69 Å². The molecule has 2 unspecified atom stereocenters. The van der Waals surface area contributed by atoms with Gasteiger partial charge in [-0.3, -0.25) is 4.90 Å². The SMILES string of the molecule is CC1CC(c2ccc3c(c2)CCCN3C)CN1CCN. The Labute approximate surface area is 122 Å². The van der Waals surface area contributed by atoms with Crippen LogP contribution in [0.4, 0.5) is 5.69 Å². The second-order valence-corrected chi connectivity index (χ2v) is 6.48. The predicted octanol–water partition coefficient (Wildman–Crippen LogP) is 2.21. The highest BCUT2D eigenvalue weighted by Crippen LogP contribution is 2.35. The molecule has 2 aliphatic heterocycles. The second-order valence-electron chi connectivity index (χ2n) is 6.48. The number of hydrogen-bond acceptors (Lipinski definition) is 3. The molecule has 2 heterocycles. The Morgan fingerprint density at radius 2 is 2.20 bits per heavy atom. The van der Waals surface area contributed by atoms with Crippen molar-refractivity contribution in [3.63, 3.8) is 0 Å². The number of rotatable bonds is 3. The van der Waals surface area contributed by atoms with E-state index in [1.165, 1.54) is 43.6 Å². The van der Waals surface area contributed by atoms with Crippen molar-refractivity contribution in [2.24, 2.45) is 5.73 Å². The quantitative estimate of drug-likeness (QED) is 0.916. The fraction of sp³-hybridized carbons (Fsp3) is 0.647. The maximum atomic E-state index is 5.71. The molecule has 2 aliphatic rings. The first-order valence-electron chi connectivity index (χ1n) is 7.97. The first-order chi connectivity index (χ1) is 9.69. The van der Waals surface area contributed by atoms with E-state index in [1.807, 2.05) is 0 Å². The molecule has 0 bridgehead atoms. The van der Waals surface area contributed by atoms with Gasteiger partial charge in [0, 0.05) is 45.0 Å². The minimum absolute atomic E-state index is 0.669. The van der Waals surface area contributed by atoms with E-state index in [4.69, 9.17) is 5.73 Å². The third-order valence-electron chi connectivity index (χ3n) is 5.05. The third-order valence-corrected chi connectivity index (χ3v) is 5.05. The van der Waals surface area contributed by atoms with Gasteiger partial charge in [-0.2, -0.15) is 0 Å².